The largest absolute Gasteiger partial charge is 0.494 e. The first-order chi connectivity index (χ1) is 9.36. The Labute approximate surface area is 116 Å². The molecule has 3 rings (SSSR count). The summed E-state index contributed by atoms with van der Waals surface area (Å²) in [7, 11) is 0. The van der Waals surface area contributed by atoms with E-state index in [9.17, 15) is 0 Å². The Bertz CT molecular complexity index is 560. The van der Waals surface area contributed by atoms with Crippen molar-refractivity contribution in [3.05, 3.63) is 52.2 Å². The van der Waals surface area contributed by atoms with E-state index in [0.29, 0.717) is 12.6 Å². The van der Waals surface area contributed by atoms with Crippen LogP contribution in [0.5, 0.6) is 5.75 Å². The molecule has 0 saturated heterocycles. The minimum atomic E-state index is 0.321. The summed E-state index contributed by atoms with van der Waals surface area (Å²) in [5.41, 5.74) is 5.49. The third kappa shape index (κ3) is 2.63. The third-order valence-corrected chi connectivity index (χ3v) is 4.12. The summed E-state index contributed by atoms with van der Waals surface area (Å²) >= 11 is 1.77. The highest BCUT2D eigenvalue weighted by molar-refractivity contribution is 7.10. The lowest BCUT2D eigenvalue weighted by Gasteiger charge is -2.06. The van der Waals surface area contributed by atoms with Crippen molar-refractivity contribution >= 4 is 17.0 Å². The molecule has 2 heterocycles. The van der Waals surface area contributed by atoms with Crippen LogP contribution in [0.15, 0.2) is 46.9 Å². The predicted octanol–water partition coefficient (Wildman–Crippen LogP) is 3.59. The minimum absolute atomic E-state index is 0.321. The number of nitrogens with one attached hydrogen (secondary N) is 1. The molecule has 4 heteroatoms. The lowest BCUT2D eigenvalue weighted by Crippen LogP contribution is -2.07. The minimum Gasteiger partial charge on any atom is -0.494 e. The Morgan fingerprint density at radius 1 is 1.32 bits per heavy atom. The summed E-state index contributed by atoms with van der Waals surface area (Å²) in [6, 6.07) is 12.7. The Morgan fingerprint density at radius 3 is 2.84 bits per heavy atom. The van der Waals surface area contributed by atoms with Gasteiger partial charge in [0.2, 0.25) is 0 Å². The molecule has 19 heavy (non-hydrogen) atoms. The Morgan fingerprint density at radius 2 is 2.16 bits per heavy atom. The summed E-state index contributed by atoms with van der Waals surface area (Å²) in [6.45, 7) is 2.69. The fraction of sp³-hybridized carbons (Fsp3) is 0.267. The van der Waals surface area contributed by atoms with Gasteiger partial charge in [0.25, 0.3) is 0 Å². The Kier molecular flexibility index (Phi) is 3.51. The molecule has 0 amide bonds. The van der Waals surface area contributed by atoms with Crippen molar-refractivity contribution in [3.8, 4) is 5.75 Å². The maximum atomic E-state index is 5.45. The summed E-state index contributed by atoms with van der Waals surface area (Å²) < 4.78 is 5.45. The SMILES string of the molecule is CCOc1ccc(C2=NNC(c3cccs3)C2)cc1. The smallest absolute Gasteiger partial charge is 0.119 e. The molecule has 3 nitrogen and oxygen atoms in total. The van der Waals surface area contributed by atoms with Gasteiger partial charge in [-0.1, -0.05) is 6.07 Å². The van der Waals surface area contributed by atoms with Gasteiger partial charge in [-0.3, -0.25) is 0 Å². The molecule has 98 valence electrons. The zero-order chi connectivity index (χ0) is 13.1. The summed E-state index contributed by atoms with van der Waals surface area (Å²) in [5.74, 6) is 0.910. The van der Waals surface area contributed by atoms with E-state index in [1.165, 1.54) is 4.88 Å². The van der Waals surface area contributed by atoms with E-state index >= 15 is 0 Å². The van der Waals surface area contributed by atoms with Crippen LogP contribution in [0, 0.1) is 0 Å². The van der Waals surface area contributed by atoms with Gasteiger partial charge in [-0.2, -0.15) is 5.10 Å². The van der Waals surface area contributed by atoms with E-state index in [4.69, 9.17) is 4.74 Å². The van der Waals surface area contributed by atoms with Gasteiger partial charge < -0.3 is 10.2 Å². The van der Waals surface area contributed by atoms with E-state index in [2.05, 4.69) is 40.2 Å². The van der Waals surface area contributed by atoms with E-state index in [0.717, 1.165) is 23.4 Å². The molecule has 1 aliphatic rings. The van der Waals surface area contributed by atoms with Crippen molar-refractivity contribution in [2.45, 2.75) is 19.4 Å². The molecule has 0 bridgehead atoms. The molecule has 1 N–H and O–H groups in total. The monoisotopic (exact) mass is 272 g/mol. The maximum Gasteiger partial charge on any atom is 0.119 e. The molecule has 1 aromatic carbocycles. The fourth-order valence-electron chi connectivity index (χ4n) is 2.19. The van der Waals surface area contributed by atoms with Gasteiger partial charge in [-0.25, -0.2) is 0 Å². The molecular formula is C15H16N2OS. The van der Waals surface area contributed by atoms with Gasteiger partial charge in [0.1, 0.15) is 5.75 Å². The lowest BCUT2D eigenvalue weighted by atomic mass is 10.0. The molecule has 0 aliphatic carbocycles. The van der Waals surface area contributed by atoms with Crippen molar-refractivity contribution in [1.29, 1.82) is 0 Å². The normalized spacial score (nSPS) is 17.9. The van der Waals surface area contributed by atoms with E-state index in [1.807, 2.05) is 19.1 Å². The summed E-state index contributed by atoms with van der Waals surface area (Å²) in [5, 5.41) is 6.55. The number of nitrogens with zero attached hydrogens (tertiary/aromatic N) is 1. The van der Waals surface area contributed by atoms with Crippen molar-refractivity contribution in [3.63, 3.8) is 0 Å². The molecule has 0 spiro atoms. The average molecular weight is 272 g/mol. The molecule has 2 aromatic rings. The van der Waals surface area contributed by atoms with Gasteiger partial charge >= 0.3 is 0 Å². The molecular weight excluding hydrogens is 256 g/mol. The number of hydrazone groups is 1. The number of hydrogen-bond donors (Lipinski definition) is 1. The molecule has 1 aromatic heterocycles. The maximum absolute atomic E-state index is 5.45. The number of benzene rings is 1. The Balaban J connectivity index is 1.70. The van der Waals surface area contributed by atoms with Crippen LogP contribution in [-0.4, -0.2) is 12.3 Å². The van der Waals surface area contributed by atoms with Crippen molar-refractivity contribution in [2.75, 3.05) is 6.61 Å². The number of ether oxygens (including phenoxy) is 1. The molecule has 1 unspecified atom stereocenters. The highest BCUT2D eigenvalue weighted by Crippen LogP contribution is 2.28. The summed E-state index contributed by atoms with van der Waals surface area (Å²) in [4.78, 5) is 1.34. The second kappa shape index (κ2) is 5.45. The van der Waals surface area contributed by atoms with Crippen LogP contribution >= 0.6 is 11.3 Å². The van der Waals surface area contributed by atoms with Crippen LogP contribution in [0.25, 0.3) is 0 Å². The van der Waals surface area contributed by atoms with Gasteiger partial charge in [0.05, 0.1) is 18.4 Å². The number of hydrogen-bond acceptors (Lipinski definition) is 4. The molecule has 1 atom stereocenters. The predicted molar refractivity (Wildman–Crippen MR) is 79.0 cm³/mol. The topological polar surface area (TPSA) is 33.6 Å². The molecule has 0 saturated carbocycles. The first kappa shape index (κ1) is 12.2. The van der Waals surface area contributed by atoms with Crippen LogP contribution in [0.1, 0.15) is 29.8 Å². The van der Waals surface area contributed by atoms with Crippen LogP contribution in [0.4, 0.5) is 0 Å². The second-order valence-corrected chi connectivity index (χ2v) is 5.40. The van der Waals surface area contributed by atoms with Crippen LogP contribution in [0.3, 0.4) is 0 Å². The van der Waals surface area contributed by atoms with E-state index in [1.54, 1.807) is 11.3 Å². The molecule has 1 aliphatic heterocycles. The Hall–Kier alpha value is -1.81. The van der Waals surface area contributed by atoms with Gasteiger partial charge in [-0.15, -0.1) is 11.3 Å². The van der Waals surface area contributed by atoms with Crippen molar-refractivity contribution in [2.24, 2.45) is 5.10 Å². The number of thiophene rings is 1. The first-order valence-electron chi connectivity index (χ1n) is 6.45. The second-order valence-electron chi connectivity index (χ2n) is 4.42. The average Bonchev–Trinajstić information content (AvgIpc) is 3.11. The molecule has 0 fully saturated rings. The summed E-state index contributed by atoms with van der Waals surface area (Å²) in [6.07, 6.45) is 0.939. The third-order valence-electron chi connectivity index (χ3n) is 3.14. The van der Waals surface area contributed by atoms with Crippen molar-refractivity contribution < 1.29 is 4.74 Å². The van der Waals surface area contributed by atoms with E-state index in [-0.39, 0.29) is 0 Å². The van der Waals surface area contributed by atoms with Gasteiger partial charge in [0.15, 0.2) is 0 Å². The highest BCUT2D eigenvalue weighted by Gasteiger charge is 2.21. The van der Waals surface area contributed by atoms with Gasteiger partial charge in [-0.05, 0) is 48.2 Å². The van der Waals surface area contributed by atoms with Crippen molar-refractivity contribution in [1.82, 2.24) is 5.43 Å². The fourth-order valence-corrected chi connectivity index (χ4v) is 2.96. The zero-order valence-corrected chi connectivity index (χ0v) is 11.6. The number of rotatable bonds is 4. The lowest BCUT2D eigenvalue weighted by molar-refractivity contribution is 0.340. The van der Waals surface area contributed by atoms with Crippen LogP contribution in [-0.2, 0) is 0 Å². The van der Waals surface area contributed by atoms with Gasteiger partial charge in [0, 0.05) is 11.3 Å². The zero-order valence-electron chi connectivity index (χ0n) is 10.8. The van der Waals surface area contributed by atoms with E-state index < -0.39 is 0 Å². The quantitative estimate of drug-likeness (QED) is 0.923. The highest BCUT2D eigenvalue weighted by atomic mass is 32.1. The van der Waals surface area contributed by atoms with Crippen LogP contribution in [0.2, 0.25) is 0 Å². The standard InChI is InChI=1S/C15H16N2OS/c1-2-18-12-7-5-11(6-8-12)13-10-14(17-16-13)15-4-3-9-19-15/h3-9,14,17H,2,10H2,1H3. The molecule has 0 radical (unpaired) electrons. The van der Waals surface area contributed by atoms with Crippen LogP contribution < -0.4 is 10.2 Å². The first-order valence-corrected chi connectivity index (χ1v) is 7.33.